The summed E-state index contributed by atoms with van der Waals surface area (Å²) >= 11 is 0. The van der Waals surface area contributed by atoms with Gasteiger partial charge in [-0.25, -0.2) is 13.1 Å². The third-order valence-electron chi connectivity index (χ3n) is 5.80. The number of aromatic nitrogens is 2. The minimum absolute atomic E-state index is 0.120. The van der Waals surface area contributed by atoms with Crippen LogP contribution in [-0.4, -0.2) is 66.1 Å². The van der Waals surface area contributed by atoms with Crippen LogP contribution < -0.4 is 4.74 Å². The number of nitrogens with zero attached hydrogens (tertiary/aromatic N) is 4. The van der Waals surface area contributed by atoms with E-state index in [0.29, 0.717) is 36.7 Å². The molecule has 0 spiro atoms. The lowest BCUT2D eigenvalue weighted by molar-refractivity contribution is 0.0696. The lowest BCUT2D eigenvalue weighted by atomic mass is 10.1. The van der Waals surface area contributed by atoms with E-state index < -0.39 is 10.0 Å². The van der Waals surface area contributed by atoms with Crippen LogP contribution in [0.15, 0.2) is 59.5 Å². The van der Waals surface area contributed by atoms with Gasteiger partial charge in [-0.1, -0.05) is 18.2 Å². The van der Waals surface area contributed by atoms with Crippen LogP contribution in [0.2, 0.25) is 0 Å². The second kappa shape index (κ2) is 9.36. The van der Waals surface area contributed by atoms with E-state index in [1.807, 2.05) is 51.1 Å². The fourth-order valence-electron chi connectivity index (χ4n) is 4.09. The summed E-state index contributed by atoms with van der Waals surface area (Å²) in [5, 5.41) is 4.56. The van der Waals surface area contributed by atoms with Crippen molar-refractivity contribution in [1.82, 2.24) is 19.0 Å². The van der Waals surface area contributed by atoms with Crippen molar-refractivity contribution >= 4 is 15.9 Å². The number of hydrogen-bond acceptors (Lipinski definition) is 5. The average Bonchev–Trinajstić information content (AvgIpc) is 3.13. The van der Waals surface area contributed by atoms with Gasteiger partial charge in [0.25, 0.3) is 5.91 Å². The minimum Gasteiger partial charge on any atom is -0.494 e. The zero-order valence-electron chi connectivity index (χ0n) is 19.1. The fraction of sp³-hybridized carbons (Fsp3) is 0.333. The SMILES string of the molecule is CCOc1ccc(S(=O)(=O)N2CCN(C(=O)c3c(C)nn(-c4ccccc4)c3C)CC2)cc1. The molecular formula is C24H28N4O4S. The Hall–Kier alpha value is -3.17. The Labute approximate surface area is 194 Å². The number of carbonyl (C=O) groups excluding carboxylic acids is 1. The summed E-state index contributed by atoms with van der Waals surface area (Å²) in [5.74, 6) is 0.513. The number of para-hydroxylation sites is 1. The molecule has 0 aliphatic carbocycles. The lowest BCUT2D eigenvalue weighted by Gasteiger charge is -2.34. The summed E-state index contributed by atoms with van der Waals surface area (Å²) in [6, 6.07) is 16.1. The van der Waals surface area contributed by atoms with E-state index in [-0.39, 0.29) is 23.9 Å². The van der Waals surface area contributed by atoms with Crippen molar-refractivity contribution in [3.8, 4) is 11.4 Å². The highest BCUT2D eigenvalue weighted by Crippen LogP contribution is 2.23. The second-order valence-corrected chi connectivity index (χ2v) is 9.83. The molecule has 174 valence electrons. The molecule has 0 bridgehead atoms. The third kappa shape index (κ3) is 4.51. The van der Waals surface area contributed by atoms with Crippen LogP contribution in [-0.2, 0) is 10.0 Å². The molecule has 1 aromatic heterocycles. The molecule has 1 amide bonds. The van der Waals surface area contributed by atoms with E-state index in [4.69, 9.17) is 4.74 Å². The molecule has 1 aliphatic heterocycles. The zero-order valence-corrected chi connectivity index (χ0v) is 19.9. The van der Waals surface area contributed by atoms with Gasteiger partial charge in [-0.15, -0.1) is 0 Å². The van der Waals surface area contributed by atoms with Crippen LogP contribution in [0.1, 0.15) is 28.7 Å². The van der Waals surface area contributed by atoms with Gasteiger partial charge in [0, 0.05) is 26.2 Å². The Morgan fingerprint density at radius 2 is 1.61 bits per heavy atom. The number of piperazine rings is 1. The normalized spacial score (nSPS) is 14.9. The van der Waals surface area contributed by atoms with E-state index in [2.05, 4.69) is 5.10 Å². The van der Waals surface area contributed by atoms with Crippen molar-refractivity contribution in [3.05, 3.63) is 71.5 Å². The number of amides is 1. The lowest BCUT2D eigenvalue weighted by Crippen LogP contribution is -2.50. The van der Waals surface area contributed by atoms with Crippen LogP contribution in [0.3, 0.4) is 0 Å². The molecule has 0 saturated carbocycles. The molecule has 33 heavy (non-hydrogen) atoms. The highest BCUT2D eigenvalue weighted by molar-refractivity contribution is 7.89. The molecule has 9 heteroatoms. The van der Waals surface area contributed by atoms with Crippen molar-refractivity contribution in [2.75, 3.05) is 32.8 Å². The Balaban J connectivity index is 1.47. The first-order valence-corrected chi connectivity index (χ1v) is 12.4. The van der Waals surface area contributed by atoms with Gasteiger partial charge in [-0.3, -0.25) is 4.79 Å². The zero-order chi connectivity index (χ0) is 23.6. The molecule has 1 aliphatic rings. The summed E-state index contributed by atoms with van der Waals surface area (Å²) in [5.41, 5.74) is 2.89. The van der Waals surface area contributed by atoms with Crippen LogP contribution in [0.4, 0.5) is 0 Å². The molecule has 0 unspecified atom stereocenters. The predicted octanol–water partition coefficient (Wildman–Crippen LogP) is 3.03. The first kappa shape index (κ1) is 23.0. The largest absolute Gasteiger partial charge is 0.494 e. The first-order chi connectivity index (χ1) is 15.8. The Bertz CT molecular complexity index is 1230. The number of sulfonamides is 1. The fourth-order valence-corrected chi connectivity index (χ4v) is 5.51. The monoisotopic (exact) mass is 468 g/mol. The van der Waals surface area contributed by atoms with Gasteiger partial charge < -0.3 is 9.64 Å². The van der Waals surface area contributed by atoms with Gasteiger partial charge in [0.2, 0.25) is 10.0 Å². The molecule has 0 N–H and O–H groups in total. The third-order valence-corrected chi connectivity index (χ3v) is 7.72. The summed E-state index contributed by atoms with van der Waals surface area (Å²) in [7, 11) is -3.63. The quantitative estimate of drug-likeness (QED) is 0.555. The molecule has 0 radical (unpaired) electrons. The molecule has 1 saturated heterocycles. The number of carbonyl (C=O) groups is 1. The minimum atomic E-state index is -3.63. The van der Waals surface area contributed by atoms with E-state index in [9.17, 15) is 13.2 Å². The number of hydrogen-bond donors (Lipinski definition) is 0. The predicted molar refractivity (Wildman–Crippen MR) is 125 cm³/mol. The first-order valence-electron chi connectivity index (χ1n) is 11.0. The van der Waals surface area contributed by atoms with E-state index in [0.717, 1.165) is 11.4 Å². The molecule has 4 rings (SSSR count). The maximum absolute atomic E-state index is 13.3. The molecule has 0 atom stereocenters. The number of rotatable bonds is 6. The highest BCUT2D eigenvalue weighted by atomic mass is 32.2. The molecule has 1 fully saturated rings. The van der Waals surface area contributed by atoms with Crippen LogP contribution in [0.5, 0.6) is 5.75 Å². The Morgan fingerprint density at radius 1 is 0.970 bits per heavy atom. The molecule has 2 heterocycles. The van der Waals surface area contributed by atoms with Crippen molar-refractivity contribution in [2.24, 2.45) is 0 Å². The smallest absolute Gasteiger partial charge is 0.257 e. The number of aryl methyl sites for hydroxylation is 1. The van der Waals surface area contributed by atoms with Gasteiger partial charge >= 0.3 is 0 Å². The van der Waals surface area contributed by atoms with Crippen LogP contribution >= 0.6 is 0 Å². The van der Waals surface area contributed by atoms with Crippen LogP contribution in [0.25, 0.3) is 5.69 Å². The van der Waals surface area contributed by atoms with Crippen molar-refractivity contribution < 1.29 is 17.9 Å². The van der Waals surface area contributed by atoms with Gasteiger partial charge in [-0.05, 0) is 57.2 Å². The van der Waals surface area contributed by atoms with E-state index >= 15 is 0 Å². The van der Waals surface area contributed by atoms with Crippen LogP contribution in [0, 0.1) is 13.8 Å². The average molecular weight is 469 g/mol. The van der Waals surface area contributed by atoms with E-state index in [1.54, 1.807) is 33.8 Å². The number of ether oxygens (including phenoxy) is 1. The summed E-state index contributed by atoms with van der Waals surface area (Å²) in [6.07, 6.45) is 0. The highest BCUT2D eigenvalue weighted by Gasteiger charge is 2.32. The van der Waals surface area contributed by atoms with Gasteiger partial charge in [0.1, 0.15) is 5.75 Å². The van der Waals surface area contributed by atoms with Gasteiger partial charge in [0.15, 0.2) is 0 Å². The summed E-state index contributed by atoms with van der Waals surface area (Å²) in [6.45, 7) is 7.24. The molecule has 3 aromatic rings. The summed E-state index contributed by atoms with van der Waals surface area (Å²) in [4.78, 5) is 15.2. The standard InChI is InChI=1S/C24H28N4O4S/c1-4-32-21-10-12-22(13-11-21)33(30,31)27-16-14-26(15-17-27)24(29)23-18(2)25-28(19(23)3)20-8-6-5-7-9-20/h5-13H,4,14-17H2,1-3H3. The van der Waals surface area contributed by atoms with E-state index in [1.165, 1.54) is 4.31 Å². The van der Waals surface area contributed by atoms with Gasteiger partial charge in [0.05, 0.1) is 34.1 Å². The summed E-state index contributed by atoms with van der Waals surface area (Å²) < 4.78 is 34.7. The maximum Gasteiger partial charge on any atom is 0.257 e. The molecular weight excluding hydrogens is 440 g/mol. The maximum atomic E-state index is 13.3. The van der Waals surface area contributed by atoms with Crippen molar-refractivity contribution in [2.45, 2.75) is 25.7 Å². The van der Waals surface area contributed by atoms with Gasteiger partial charge in [-0.2, -0.15) is 9.40 Å². The number of benzene rings is 2. The topological polar surface area (TPSA) is 84.7 Å². The molecule has 8 nitrogen and oxygen atoms in total. The Kier molecular flexibility index (Phi) is 6.53. The second-order valence-electron chi connectivity index (χ2n) is 7.89. The van der Waals surface area contributed by atoms with Crippen molar-refractivity contribution in [1.29, 1.82) is 0 Å². The Morgan fingerprint density at radius 3 is 2.21 bits per heavy atom. The molecule has 2 aromatic carbocycles. The van der Waals surface area contributed by atoms with Crippen molar-refractivity contribution in [3.63, 3.8) is 0 Å².